The highest BCUT2D eigenvalue weighted by atomic mass is 19.1. The van der Waals surface area contributed by atoms with Crippen molar-refractivity contribution in [2.45, 2.75) is 6.04 Å². The maximum Gasteiger partial charge on any atom is 0.325 e. The molecule has 4 rings (SSSR count). The van der Waals surface area contributed by atoms with E-state index >= 15 is 0 Å². The van der Waals surface area contributed by atoms with Gasteiger partial charge in [0.25, 0.3) is 0 Å². The molecular weight excluding hydrogens is 361 g/mol. The maximum absolute atomic E-state index is 13.4. The van der Waals surface area contributed by atoms with Crippen molar-refractivity contribution in [1.82, 2.24) is 14.9 Å². The molecule has 1 aliphatic rings. The van der Waals surface area contributed by atoms with Crippen molar-refractivity contribution in [1.29, 1.82) is 5.26 Å². The second-order valence-corrected chi connectivity index (χ2v) is 6.68. The number of carboxylic acid groups (broad SMARTS) is 1. The van der Waals surface area contributed by atoms with E-state index in [0.717, 1.165) is 0 Å². The molecule has 0 unspecified atom stereocenters. The molecule has 0 saturated carbocycles. The normalized spacial score (nSPS) is 16.1. The fourth-order valence-corrected chi connectivity index (χ4v) is 3.76. The van der Waals surface area contributed by atoms with Crippen molar-refractivity contribution in [2.24, 2.45) is 0 Å². The number of nitrogens with zero attached hydrogens (tertiary/aromatic N) is 4. The molecule has 7 nitrogen and oxygen atoms in total. The van der Waals surface area contributed by atoms with Gasteiger partial charge in [-0.15, -0.1) is 0 Å². The fourth-order valence-electron chi connectivity index (χ4n) is 3.76. The molecule has 0 spiro atoms. The fraction of sp³-hybridized carbons (Fsp3) is 0.250. The van der Waals surface area contributed by atoms with Crippen LogP contribution in [0.1, 0.15) is 17.2 Å². The van der Waals surface area contributed by atoms with Gasteiger partial charge >= 0.3 is 5.97 Å². The van der Waals surface area contributed by atoms with Gasteiger partial charge in [0, 0.05) is 55.0 Å². The number of aromatic nitrogens is 2. The average Bonchev–Trinajstić information content (AvgIpc) is 3.11. The van der Waals surface area contributed by atoms with Gasteiger partial charge in [0.05, 0.1) is 5.56 Å². The molecule has 8 heteroatoms. The number of carbonyl (C=O) groups is 1. The predicted octanol–water partition coefficient (Wildman–Crippen LogP) is 2.52. The number of carboxylic acids is 1. The number of pyridine rings is 1. The van der Waals surface area contributed by atoms with E-state index in [1.165, 1.54) is 12.1 Å². The maximum atomic E-state index is 13.4. The van der Waals surface area contributed by atoms with Gasteiger partial charge < -0.3 is 15.0 Å². The minimum absolute atomic E-state index is 0.370. The van der Waals surface area contributed by atoms with Gasteiger partial charge in [-0.3, -0.25) is 9.69 Å². The zero-order valence-electron chi connectivity index (χ0n) is 15.0. The lowest BCUT2D eigenvalue weighted by molar-refractivity contribution is -0.143. The third kappa shape index (κ3) is 3.17. The number of halogens is 1. The lowest BCUT2D eigenvalue weighted by atomic mass is 10.0. The smallest absolute Gasteiger partial charge is 0.325 e. The number of fused-ring (bicyclic) bond motifs is 1. The van der Waals surface area contributed by atoms with Gasteiger partial charge in [-0.05, 0) is 30.3 Å². The van der Waals surface area contributed by atoms with Crippen LogP contribution in [0.15, 0.2) is 42.7 Å². The van der Waals surface area contributed by atoms with Crippen molar-refractivity contribution in [3.8, 4) is 6.07 Å². The second-order valence-electron chi connectivity index (χ2n) is 6.68. The molecule has 28 heavy (non-hydrogen) atoms. The minimum Gasteiger partial charge on any atom is -0.480 e. The van der Waals surface area contributed by atoms with Crippen molar-refractivity contribution in [2.75, 3.05) is 31.1 Å². The molecule has 1 fully saturated rings. The monoisotopic (exact) mass is 379 g/mol. The Morgan fingerprint density at radius 2 is 2.07 bits per heavy atom. The van der Waals surface area contributed by atoms with Crippen LogP contribution < -0.4 is 4.90 Å². The zero-order chi connectivity index (χ0) is 19.7. The van der Waals surface area contributed by atoms with E-state index in [1.54, 1.807) is 30.6 Å². The second kappa shape index (κ2) is 7.29. The van der Waals surface area contributed by atoms with E-state index in [9.17, 15) is 19.6 Å². The summed E-state index contributed by atoms with van der Waals surface area (Å²) in [6.07, 6.45) is 3.29. The van der Waals surface area contributed by atoms with E-state index in [-0.39, 0.29) is 5.82 Å². The molecule has 2 aromatic heterocycles. The van der Waals surface area contributed by atoms with Crippen molar-refractivity contribution in [3.63, 3.8) is 0 Å². The SMILES string of the molecule is N#Cc1cccnc1N1CCN([C@H](C(=O)O)c2c[nH]c3cc(F)ccc23)CC1. The van der Waals surface area contributed by atoms with Crippen molar-refractivity contribution < 1.29 is 14.3 Å². The van der Waals surface area contributed by atoms with Crippen molar-refractivity contribution >= 4 is 22.7 Å². The highest BCUT2D eigenvalue weighted by Gasteiger charge is 2.32. The van der Waals surface area contributed by atoms with Crippen LogP contribution >= 0.6 is 0 Å². The summed E-state index contributed by atoms with van der Waals surface area (Å²) in [7, 11) is 0. The molecule has 1 aliphatic heterocycles. The number of rotatable bonds is 4. The molecule has 0 amide bonds. The summed E-state index contributed by atoms with van der Waals surface area (Å²) in [5.74, 6) is -0.696. The number of benzene rings is 1. The number of anilines is 1. The minimum atomic E-state index is -0.950. The lowest BCUT2D eigenvalue weighted by Gasteiger charge is -2.38. The number of H-pyrrole nitrogens is 1. The van der Waals surface area contributed by atoms with Gasteiger partial charge in [-0.25, -0.2) is 9.37 Å². The third-order valence-electron chi connectivity index (χ3n) is 5.09. The Labute approximate surface area is 160 Å². The summed E-state index contributed by atoms with van der Waals surface area (Å²) < 4.78 is 13.4. The van der Waals surface area contributed by atoms with E-state index in [1.807, 2.05) is 9.80 Å². The average molecular weight is 379 g/mol. The molecule has 1 aromatic carbocycles. The molecule has 3 heterocycles. The largest absolute Gasteiger partial charge is 0.480 e. The van der Waals surface area contributed by atoms with E-state index in [2.05, 4.69) is 16.0 Å². The molecule has 3 aromatic rings. The summed E-state index contributed by atoms with van der Waals surface area (Å²) >= 11 is 0. The zero-order valence-corrected chi connectivity index (χ0v) is 15.0. The van der Waals surface area contributed by atoms with Crippen LogP contribution in [0.5, 0.6) is 0 Å². The Balaban J connectivity index is 1.57. The summed E-state index contributed by atoms with van der Waals surface area (Å²) in [4.78, 5) is 23.2. The molecular formula is C20H18FN5O2. The van der Waals surface area contributed by atoms with Crippen LogP contribution in [0.3, 0.4) is 0 Å². The Bertz CT molecular complexity index is 1070. The first-order chi connectivity index (χ1) is 13.6. The standard InChI is InChI=1S/C20H18FN5O2/c21-14-3-4-15-16(12-24-17(15)10-14)18(20(27)28)25-6-8-26(9-7-25)19-13(11-22)2-1-5-23-19/h1-5,10,12,18,24H,6-9H2,(H,27,28)/t18-/m0/s1. The Morgan fingerprint density at radius 3 is 2.79 bits per heavy atom. The van der Waals surface area contributed by atoms with Crippen LogP contribution in [0, 0.1) is 17.1 Å². The molecule has 1 saturated heterocycles. The topological polar surface area (TPSA) is 96.2 Å². The summed E-state index contributed by atoms with van der Waals surface area (Å²) in [5.41, 5.74) is 1.70. The summed E-state index contributed by atoms with van der Waals surface area (Å²) in [5, 5.41) is 19.9. The molecule has 142 valence electrons. The number of piperazine rings is 1. The van der Waals surface area contributed by atoms with Gasteiger partial charge in [0.1, 0.15) is 23.7 Å². The van der Waals surface area contributed by atoms with E-state index in [4.69, 9.17) is 0 Å². The Kier molecular flexibility index (Phi) is 4.67. The number of aliphatic carboxylic acids is 1. The highest BCUT2D eigenvalue weighted by molar-refractivity contribution is 5.89. The molecule has 2 N–H and O–H groups in total. The first-order valence-corrected chi connectivity index (χ1v) is 8.92. The van der Waals surface area contributed by atoms with Gasteiger partial charge in [0.2, 0.25) is 0 Å². The van der Waals surface area contributed by atoms with Gasteiger partial charge in [-0.1, -0.05) is 0 Å². The Hall–Kier alpha value is -3.44. The lowest BCUT2D eigenvalue weighted by Crippen LogP contribution is -2.49. The predicted molar refractivity (Wildman–Crippen MR) is 101 cm³/mol. The van der Waals surface area contributed by atoms with Gasteiger partial charge in [0.15, 0.2) is 0 Å². The number of aromatic amines is 1. The van der Waals surface area contributed by atoms with Crippen LogP contribution in [0.4, 0.5) is 10.2 Å². The summed E-state index contributed by atoms with van der Waals surface area (Å²) in [6.45, 7) is 2.14. The summed E-state index contributed by atoms with van der Waals surface area (Å²) in [6, 6.07) is 9.06. The third-order valence-corrected chi connectivity index (χ3v) is 5.09. The van der Waals surface area contributed by atoms with Crippen molar-refractivity contribution in [3.05, 3.63) is 59.7 Å². The number of hydrogen-bond donors (Lipinski definition) is 2. The number of nitriles is 1. The molecule has 0 aliphatic carbocycles. The van der Waals surface area contributed by atoms with Crippen LogP contribution in [0.25, 0.3) is 10.9 Å². The Morgan fingerprint density at radius 1 is 1.29 bits per heavy atom. The van der Waals surface area contributed by atoms with E-state index < -0.39 is 12.0 Å². The van der Waals surface area contributed by atoms with E-state index in [0.29, 0.717) is 54.0 Å². The molecule has 0 bridgehead atoms. The van der Waals surface area contributed by atoms with Crippen LogP contribution in [-0.4, -0.2) is 52.1 Å². The van der Waals surface area contributed by atoms with Crippen LogP contribution in [-0.2, 0) is 4.79 Å². The van der Waals surface area contributed by atoms with Crippen LogP contribution in [0.2, 0.25) is 0 Å². The number of hydrogen-bond acceptors (Lipinski definition) is 5. The molecule has 1 atom stereocenters. The van der Waals surface area contributed by atoms with Gasteiger partial charge in [-0.2, -0.15) is 5.26 Å². The quantitative estimate of drug-likeness (QED) is 0.723. The first kappa shape index (κ1) is 17.9. The number of nitrogens with one attached hydrogen (secondary N) is 1. The molecule has 0 radical (unpaired) electrons. The first-order valence-electron chi connectivity index (χ1n) is 8.92. The highest BCUT2D eigenvalue weighted by Crippen LogP contribution is 2.30.